The van der Waals surface area contributed by atoms with E-state index in [2.05, 4.69) is 52.1 Å². The summed E-state index contributed by atoms with van der Waals surface area (Å²) in [5, 5.41) is 4.52. The van der Waals surface area contributed by atoms with Crippen molar-refractivity contribution < 1.29 is 4.74 Å². The van der Waals surface area contributed by atoms with Gasteiger partial charge in [-0.2, -0.15) is 0 Å². The summed E-state index contributed by atoms with van der Waals surface area (Å²) < 4.78 is 6.14. The van der Waals surface area contributed by atoms with Crippen LogP contribution in [0.3, 0.4) is 0 Å². The van der Waals surface area contributed by atoms with Crippen LogP contribution in [-0.4, -0.2) is 23.3 Å². The first-order valence-corrected chi connectivity index (χ1v) is 7.76. The molecule has 2 rings (SSSR count). The first kappa shape index (κ1) is 15.8. The molecular formula is C17H26ClNO. The Balaban J connectivity index is 1.94. The molecule has 0 aliphatic carbocycles. The molecule has 0 saturated carbocycles. The molecule has 1 aliphatic heterocycles. The fourth-order valence-corrected chi connectivity index (χ4v) is 3.32. The lowest BCUT2D eigenvalue weighted by Crippen LogP contribution is -2.47. The molecule has 1 heterocycles. The average Bonchev–Trinajstić information content (AvgIpc) is 2.50. The van der Waals surface area contributed by atoms with E-state index < -0.39 is 0 Å². The summed E-state index contributed by atoms with van der Waals surface area (Å²) in [7, 11) is 0. The first-order chi connectivity index (χ1) is 9.18. The Morgan fingerprint density at radius 1 is 1.25 bits per heavy atom. The van der Waals surface area contributed by atoms with E-state index in [-0.39, 0.29) is 11.2 Å². The third-order valence-corrected chi connectivity index (χ3v) is 4.27. The Morgan fingerprint density at radius 3 is 2.35 bits per heavy atom. The number of hydrogen-bond acceptors (Lipinski definition) is 2. The molecule has 20 heavy (non-hydrogen) atoms. The smallest absolute Gasteiger partial charge is 0.0787 e. The Bertz CT molecular complexity index is 453. The highest BCUT2D eigenvalue weighted by Crippen LogP contribution is 2.37. The molecule has 2 unspecified atom stereocenters. The highest BCUT2D eigenvalue weighted by molar-refractivity contribution is 6.30. The molecular weight excluding hydrogens is 270 g/mol. The molecule has 1 saturated heterocycles. The number of hydrogen-bond donors (Lipinski definition) is 1. The largest absolute Gasteiger partial charge is 0.368 e. The second-order valence-corrected chi connectivity index (χ2v) is 7.56. The first-order valence-electron chi connectivity index (χ1n) is 7.39. The highest BCUT2D eigenvalue weighted by atomic mass is 35.5. The predicted octanol–water partition coefficient (Wildman–Crippen LogP) is 4.21. The maximum absolute atomic E-state index is 6.14. The van der Waals surface area contributed by atoms with Crippen LogP contribution in [0.2, 0.25) is 5.02 Å². The quantitative estimate of drug-likeness (QED) is 0.898. The SMILES string of the molecule is CC(Cc1ccc(Cl)cc1)NC1CC(C)(C)OC1(C)C. The van der Waals surface area contributed by atoms with Crippen molar-refractivity contribution in [1.29, 1.82) is 0 Å². The summed E-state index contributed by atoms with van der Waals surface area (Å²) in [6, 6.07) is 8.91. The number of nitrogens with one attached hydrogen (secondary N) is 1. The van der Waals surface area contributed by atoms with Gasteiger partial charge in [-0.25, -0.2) is 0 Å². The zero-order chi connectivity index (χ0) is 15.0. The van der Waals surface area contributed by atoms with Crippen molar-refractivity contribution in [3.05, 3.63) is 34.9 Å². The minimum Gasteiger partial charge on any atom is -0.368 e. The van der Waals surface area contributed by atoms with E-state index in [0.29, 0.717) is 12.1 Å². The van der Waals surface area contributed by atoms with Gasteiger partial charge in [-0.05, 0) is 65.2 Å². The van der Waals surface area contributed by atoms with Gasteiger partial charge in [0, 0.05) is 17.1 Å². The number of ether oxygens (including phenoxy) is 1. The molecule has 1 aromatic carbocycles. The van der Waals surface area contributed by atoms with Crippen molar-refractivity contribution in [3.63, 3.8) is 0 Å². The Morgan fingerprint density at radius 2 is 1.85 bits per heavy atom. The fourth-order valence-electron chi connectivity index (χ4n) is 3.20. The van der Waals surface area contributed by atoms with E-state index in [4.69, 9.17) is 16.3 Å². The van der Waals surface area contributed by atoms with Crippen molar-refractivity contribution >= 4 is 11.6 Å². The monoisotopic (exact) mass is 295 g/mol. The third kappa shape index (κ3) is 3.97. The highest BCUT2D eigenvalue weighted by Gasteiger charge is 2.45. The summed E-state index contributed by atoms with van der Waals surface area (Å²) >= 11 is 5.92. The second kappa shape index (κ2) is 5.67. The molecule has 2 nitrogen and oxygen atoms in total. The Kier molecular flexibility index (Phi) is 4.48. The van der Waals surface area contributed by atoms with Gasteiger partial charge < -0.3 is 10.1 Å². The zero-order valence-electron chi connectivity index (χ0n) is 13.2. The topological polar surface area (TPSA) is 21.3 Å². The van der Waals surface area contributed by atoms with Crippen LogP contribution < -0.4 is 5.32 Å². The van der Waals surface area contributed by atoms with Crippen molar-refractivity contribution in [2.24, 2.45) is 0 Å². The van der Waals surface area contributed by atoms with Crippen LogP contribution >= 0.6 is 11.6 Å². The second-order valence-electron chi connectivity index (χ2n) is 7.12. The number of halogens is 1. The van der Waals surface area contributed by atoms with Gasteiger partial charge >= 0.3 is 0 Å². The maximum atomic E-state index is 6.14. The molecule has 0 radical (unpaired) electrons. The van der Waals surface area contributed by atoms with E-state index in [1.165, 1.54) is 5.56 Å². The Hall–Kier alpha value is -0.570. The molecule has 2 atom stereocenters. The Labute approximate surface area is 127 Å². The molecule has 0 amide bonds. The van der Waals surface area contributed by atoms with Gasteiger partial charge in [-0.1, -0.05) is 23.7 Å². The summed E-state index contributed by atoms with van der Waals surface area (Å²) in [5.41, 5.74) is 1.16. The fraction of sp³-hybridized carbons (Fsp3) is 0.647. The van der Waals surface area contributed by atoms with Crippen LogP contribution in [0, 0.1) is 0 Å². The average molecular weight is 296 g/mol. The maximum Gasteiger partial charge on any atom is 0.0787 e. The lowest BCUT2D eigenvalue weighted by atomic mass is 9.93. The van der Waals surface area contributed by atoms with Gasteiger partial charge in [0.05, 0.1) is 11.2 Å². The molecule has 1 fully saturated rings. The van der Waals surface area contributed by atoms with Gasteiger partial charge in [0.25, 0.3) is 0 Å². The molecule has 0 aromatic heterocycles. The van der Waals surface area contributed by atoms with Crippen LogP contribution in [0.25, 0.3) is 0 Å². The molecule has 112 valence electrons. The van der Waals surface area contributed by atoms with Crippen molar-refractivity contribution in [2.75, 3.05) is 0 Å². The van der Waals surface area contributed by atoms with Gasteiger partial charge in [0.1, 0.15) is 0 Å². The molecule has 0 bridgehead atoms. The number of rotatable bonds is 4. The minimum atomic E-state index is -0.113. The minimum absolute atomic E-state index is 0.0405. The summed E-state index contributed by atoms with van der Waals surface area (Å²) in [4.78, 5) is 0. The zero-order valence-corrected chi connectivity index (χ0v) is 13.9. The summed E-state index contributed by atoms with van der Waals surface area (Å²) in [6.07, 6.45) is 2.05. The third-order valence-electron chi connectivity index (χ3n) is 4.02. The van der Waals surface area contributed by atoms with Crippen molar-refractivity contribution in [3.8, 4) is 0 Å². The van der Waals surface area contributed by atoms with Crippen LogP contribution in [0.1, 0.15) is 46.6 Å². The summed E-state index contributed by atoms with van der Waals surface area (Å²) in [5.74, 6) is 0. The van der Waals surface area contributed by atoms with Gasteiger partial charge in [0.15, 0.2) is 0 Å². The van der Waals surface area contributed by atoms with Crippen LogP contribution in [0.4, 0.5) is 0 Å². The summed E-state index contributed by atoms with van der Waals surface area (Å²) in [6.45, 7) is 10.9. The standard InChI is InChI=1S/C17H26ClNO/c1-12(10-13-6-8-14(18)9-7-13)19-15-11-16(2,3)20-17(15,4)5/h6-9,12,15,19H,10-11H2,1-5H3. The van der Waals surface area contributed by atoms with Gasteiger partial charge in [0.2, 0.25) is 0 Å². The normalized spacial score (nSPS) is 25.6. The van der Waals surface area contributed by atoms with Crippen LogP contribution in [0.15, 0.2) is 24.3 Å². The van der Waals surface area contributed by atoms with Crippen LogP contribution in [0.5, 0.6) is 0 Å². The lowest BCUT2D eigenvalue weighted by Gasteiger charge is -2.30. The number of benzene rings is 1. The predicted molar refractivity (Wildman–Crippen MR) is 85.4 cm³/mol. The molecule has 0 spiro atoms. The van der Waals surface area contributed by atoms with E-state index >= 15 is 0 Å². The van der Waals surface area contributed by atoms with E-state index in [1.54, 1.807) is 0 Å². The van der Waals surface area contributed by atoms with Crippen LogP contribution in [-0.2, 0) is 11.2 Å². The van der Waals surface area contributed by atoms with Crippen molar-refractivity contribution in [1.82, 2.24) is 5.32 Å². The molecule has 3 heteroatoms. The van der Waals surface area contributed by atoms with Gasteiger partial charge in [-0.3, -0.25) is 0 Å². The molecule has 1 N–H and O–H groups in total. The van der Waals surface area contributed by atoms with Crippen molar-refractivity contribution in [2.45, 2.75) is 70.7 Å². The van der Waals surface area contributed by atoms with E-state index in [1.807, 2.05) is 12.1 Å². The van der Waals surface area contributed by atoms with Gasteiger partial charge in [-0.15, -0.1) is 0 Å². The van der Waals surface area contributed by atoms with E-state index in [9.17, 15) is 0 Å². The molecule has 1 aromatic rings. The van der Waals surface area contributed by atoms with E-state index in [0.717, 1.165) is 17.9 Å². The molecule has 1 aliphatic rings. The lowest BCUT2D eigenvalue weighted by molar-refractivity contribution is -0.0703.